The van der Waals surface area contributed by atoms with Gasteiger partial charge in [-0.25, -0.2) is 12.8 Å². The minimum atomic E-state index is -3.95. The number of likely N-dealkylation sites (N-methyl/N-ethyl adjacent to an activating group) is 1. The summed E-state index contributed by atoms with van der Waals surface area (Å²) >= 11 is 6.04. The normalized spacial score (nSPS) is 12.4. The summed E-state index contributed by atoms with van der Waals surface area (Å²) in [5.41, 5.74) is 1.15. The minimum absolute atomic E-state index is 0.0700. The van der Waals surface area contributed by atoms with Gasteiger partial charge in [-0.3, -0.25) is 9.52 Å². The summed E-state index contributed by atoms with van der Waals surface area (Å²) < 4.78 is 41.6. The summed E-state index contributed by atoms with van der Waals surface area (Å²) in [6.07, 6.45) is 0. The quantitative estimate of drug-likeness (QED) is 0.508. The van der Waals surface area contributed by atoms with Gasteiger partial charge >= 0.3 is 0 Å². The number of nitrogens with zero attached hydrogens (tertiary/aromatic N) is 1. The Morgan fingerprint density at radius 3 is 2.44 bits per heavy atom. The van der Waals surface area contributed by atoms with Crippen LogP contribution in [-0.4, -0.2) is 39.9 Å². The molecule has 3 aromatic rings. The van der Waals surface area contributed by atoms with E-state index in [4.69, 9.17) is 11.6 Å². The molecule has 1 atom stereocenters. The molecule has 0 aliphatic heterocycles. The Hall–Kier alpha value is -2.94. The van der Waals surface area contributed by atoms with Gasteiger partial charge < -0.3 is 10.2 Å². The van der Waals surface area contributed by atoms with Crippen LogP contribution in [0.2, 0.25) is 5.02 Å². The fourth-order valence-corrected chi connectivity index (χ4v) is 4.52. The Balaban J connectivity index is 1.75. The number of amides is 1. The van der Waals surface area contributed by atoms with E-state index in [1.165, 1.54) is 36.4 Å². The number of rotatable bonds is 8. The molecule has 0 radical (unpaired) electrons. The molecule has 9 heteroatoms. The Morgan fingerprint density at radius 2 is 1.75 bits per heavy atom. The van der Waals surface area contributed by atoms with Gasteiger partial charge in [0.1, 0.15) is 5.82 Å². The topological polar surface area (TPSA) is 78.5 Å². The van der Waals surface area contributed by atoms with Gasteiger partial charge in [0.25, 0.3) is 15.9 Å². The van der Waals surface area contributed by atoms with Crippen LogP contribution in [0.25, 0.3) is 0 Å². The summed E-state index contributed by atoms with van der Waals surface area (Å²) in [5.74, 6) is -0.798. The van der Waals surface area contributed by atoms with Crippen molar-refractivity contribution in [1.29, 1.82) is 0 Å². The van der Waals surface area contributed by atoms with Gasteiger partial charge in [-0.15, -0.1) is 0 Å². The van der Waals surface area contributed by atoms with Crippen molar-refractivity contribution in [2.75, 3.05) is 25.4 Å². The van der Waals surface area contributed by atoms with Crippen LogP contribution in [0.5, 0.6) is 0 Å². The molecule has 3 aromatic carbocycles. The summed E-state index contributed by atoms with van der Waals surface area (Å²) in [4.78, 5) is 14.5. The van der Waals surface area contributed by atoms with Gasteiger partial charge in [-0.2, -0.15) is 0 Å². The van der Waals surface area contributed by atoms with Crippen molar-refractivity contribution in [3.63, 3.8) is 0 Å². The molecule has 3 rings (SSSR count). The first kappa shape index (κ1) is 23.7. The number of nitrogens with one attached hydrogen (secondary N) is 2. The van der Waals surface area contributed by atoms with E-state index in [0.29, 0.717) is 0 Å². The van der Waals surface area contributed by atoms with E-state index < -0.39 is 15.9 Å². The highest BCUT2D eigenvalue weighted by atomic mass is 35.5. The fourth-order valence-electron chi connectivity index (χ4n) is 3.16. The van der Waals surface area contributed by atoms with E-state index in [2.05, 4.69) is 10.0 Å². The number of halogens is 2. The van der Waals surface area contributed by atoms with Crippen LogP contribution < -0.4 is 10.0 Å². The first-order chi connectivity index (χ1) is 15.2. The number of anilines is 1. The standard InChI is InChI=1S/C23H23ClFN3O3S/c1-28(2)22(16-7-5-9-18(25)13-16)15-26-23(29)17-8-6-10-19(14-17)32(30,31)27-21-12-4-3-11-20(21)24/h3-14,22,27H,15H2,1-2H3,(H,26,29). The highest BCUT2D eigenvalue weighted by Gasteiger charge is 2.19. The summed E-state index contributed by atoms with van der Waals surface area (Å²) in [6.45, 7) is 0.212. The predicted molar refractivity (Wildman–Crippen MR) is 124 cm³/mol. The first-order valence-corrected chi connectivity index (χ1v) is 11.6. The monoisotopic (exact) mass is 475 g/mol. The van der Waals surface area contributed by atoms with Crippen molar-refractivity contribution in [2.45, 2.75) is 10.9 Å². The molecule has 2 N–H and O–H groups in total. The highest BCUT2D eigenvalue weighted by Crippen LogP contribution is 2.24. The molecule has 0 aromatic heterocycles. The van der Waals surface area contributed by atoms with E-state index in [1.807, 2.05) is 19.0 Å². The van der Waals surface area contributed by atoms with E-state index in [1.54, 1.807) is 36.4 Å². The Morgan fingerprint density at radius 1 is 1.03 bits per heavy atom. The molecule has 0 heterocycles. The smallest absolute Gasteiger partial charge is 0.261 e. The molecule has 0 saturated heterocycles. The summed E-state index contributed by atoms with van der Waals surface area (Å²) in [5, 5.41) is 3.06. The molecule has 0 spiro atoms. The van der Waals surface area contributed by atoms with Gasteiger partial charge in [0.2, 0.25) is 0 Å². The van der Waals surface area contributed by atoms with Crippen LogP contribution in [0.3, 0.4) is 0 Å². The highest BCUT2D eigenvalue weighted by molar-refractivity contribution is 7.92. The van der Waals surface area contributed by atoms with Crippen LogP contribution in [0.4, 0.5) is 10.1 Å². The second kappa shape index (κ2) is 10.1. The van der Waals surface area contributed by atoms with E-state index in [-0.39, 0.29) is 39.6 Å². The van der Waals surface area contributed by atoms with Crippen molar-refractivity contribution < 1.29 is 17.6 Å². The van der Waals surface area contributed by atoms with Gasteiger partial charge in [0.05, 0.1) is 21.6 Å². The van der Waals surface area contributed by atoms with Gasteiger partial charge in [-0.1, -0.05) is 41.9 Å². The third kappa shape index (κ3) is 5.85. The molecule has 0 bridgehead atoms. The molecule has 0 saturated carbocycles. The number of para-hydroxylation sites is 1. The number of carbonyl (C=O) groups is 1. The molecule has 0 aliphatic carbocycles. The molecule has 32 heavy (non-hydrogen) atoms. The molecular formula is C23H23ClFN3O3S. The summed E-state index contributed by atoms with van der Waals surface area (Å²) in [6, 6.07) is 18.1. The zero-order valence-corrected chi connectivity index (χ0v) is 19.1. The Labute approximate surface area is 192 Å². The number of sulfonamides is 1. The average molecular weight is 476 g/mol. The lowest BCUT2D eigenvalue weighted by atomic mass is 10.1. The lowest BCUT2D eigenvalue weighted by molar-refractivity contribution is 0.0941. The van der Waals surface area contributed by atoms with Crippen molar-refractivity contribution >= 4 is 33.2 Å². The van der Waals surface area contributed by atoms with Gasteiger partial charge in [0.15, 0.2) is 0 Å². The molecule has 0 fully saturated rings. The van der Waals surface area contributed by atoms with Crippen LogP contribution in [-0.2, 0) is 10.0 Å². The second-order valence-electron chi connectivity index (χ2n) is 7.36. The Kier molecular flexibility index (Phi) is 7.50. The van der Waals surface area contributed by atoms with E-state index in [9.17, 15) is 17.6 Å². The second-order valence-corrected chi connectivity index (χ2v) is 9.45. The zero-order chi connectivity index (χ0) is 23.3. The maximum absolute atomic E-state index is 13.6. The minimum Gasteiger partial charge on any atom is -0.350 e. The third-order valence-corrected chi connectivity index (χ3v) is 6.53. The molecule has 1 unspecified atom stereocenters. The van der Waals surface area contributed by atoms with Crippen LogP contribution in [0, 0.1) is 5.82 Å². The summed E-state index contributed by atoms with van der Waals surface area (Å²) in [7, 11) is -0.291. The molecule has 6 nitrogen and oxygen atoms in total. The Bertz CT molecular complexity index is 1220. The first-order valence-electron chi connectivity index (χ1n) is 9.75. The SMILES string of the molecule is CN(C)C(CNC(=O)c1cccc(S(=O)(=O)Nc2ccccc2Cl)c1)c1cccc(F)c1. The van der Waals surface area contributed by atoms with E-state index >= 15 is 0 Å². The van der Waals surface area contributed by atoms with Crippen LogP contribution in [0.15, 0.2) is 77.7 Å². The molecular weight excluding hydrogens is 453 g/mol. The lowest BCUT2D eigenvalue weighted by Crippen LogP contribution is -2.34. The molecule has 0 aliphatic rings. The number of benzene rings is 3. The van der Waals surface area contributed by atoms with Crippen LogP contribution in [0.1, 0.15) is 22.0 Å². The van der Waals surface area contributed by atoms with Crippen molar-refractivity contribution in [1.82, 2.24) is 10.2 Å². The third-order valence-electron chi connectivity index (χ3n) is 4.84. The largest absolute Gasteiger partial charge is 0.350 e. The maximum atomic E-state index is 13.6. The van der Waals surface area contributed by atoms with Crippen molar-refractivity contribution in [3.8, 4) is 0 Å². The number of carbonyl (C=O) groups excluding carboxylic acids is 1. The molecule has 1 amide bonds. The van der Waals surface area contributed by atoms with Crippen LogP contribution >= 0.6 is 11.6 Å². The predicted octanol–water partition coefficient (Wildman–Crippen LogP) is 4.31. The van der Waals surface area contributed by atoms with E-state index in [0.717, 1.165) is 5.56 Å². The van der Waals surface area contributed by atoms with Crippen molar-refractivity contribution in [2.24, 2.45) is 0 Å². The van der Waals surface area contributed by atoms with Gasteiger partial charge in [0, 0.05) is 12.1 Å². The average Bonchev–Trinajstić information content (AvgIpc) is 2.75. The number of hydrogen-bond acceptors (Lipinski definition) is 4. The van der Waals surface area contributed by atoms with Crippen molar-refractivity contribution in [3.05, 3.63) is 94.8 Å². The zero-order valence-electron chi connectivity index (χ0n) is 17.5. The maximum Gasteiger partial charge on any atom is 0.261 e. The molecule has 168 valence electrons. The number of hydrogen-bond donors (Lipinski definition) is 2. The fraction of sp³-hybridized carbons (Fsp3) is 0.174. The van der Waals surface area contributed by atoms with Gasteiger partial charge in [-0.05, 0) is 62.1 Å². The lowest BCUT2D eigenvalue weighted by Gasteiger charge is -2.25.